The van der Waals surface area contributed by atoms with Gasteiger partial charge in [0.1, 0.15) is 0 Å². The quantitative estimate of drug-likeness (QED) is 0.462. The number of esters is 2. The number of hydrogen-bond acceptors (Lipinski definition) is 4. The Balaban J connectivity index is 3.60. The van der Waals surface area contributed by atoms with Crippen molar-refractivity contribution in [1.29, 1.82) is 0 Å². The van der Waals surface area contributed by atoms with Crippen LogP contribution in [-0.2, 0) is 19.1 Å². The SMILES string of the molecule is CCCCCC(C)OC(=O)CCC(=O)OCC. The molecule has 0 radical (unpaired) electrons. The molecule has 0 amide bonds. The van der Waals surface area contributed by atoms with E-state index in [1.165, 1.54) is 0 Å². The zero-order chi connectivity index (χ0) is 13.1. The van der Waals surface area contributed by atoms with Crippen LogP contribution in [0.5, 0.6) is 0 Å². The Morgan fingerprint density at radius 2 is 1.71 bits per heavy atom. The highest BCUT2D eigenvalue weighted by molar-refractivity contribution is 5.77. The van der Waals surface area contributed by atoms with Crippen molar-refractivity contribution in [3.63, 3.8) is 0 Å². The molecule has 1 atom stereocenters. The summed E-state index contributed by atoms with van der Waals surface area (Å²) in [6.07, 6.45) is 4.43. The third-order valence-corrected chi connectivity index (χ3v) is 2.39. The monoisotopic (exact) mass is 244 g/mol. The summed E-state index contributed by atoms with van der Waals surface area (Å²) >= 11 is 0. The van der Waals surface area contributed by atoms with Crippen LogP contribution in [0.2, 0.25) is 0 Å². The van der Waals surface area contributed by atoms with E-state index in [1.807, 2.05) is 6.92 Å². The van der Waals surface area contributed by atoms with Gasteiger partial charge in [-0.3, -0.25) is 9.59 Å². The summed E-state index contributed by atoms with van der Waals surface area (Å²) < 4.78 is 9.91. The van der Waals surface area contributed by atoms with Gasteiger partial charge in [0.2, 0.25) is 0 Å². The number of carbonyl (C=O) groups is 2. The van der Waals surface area contributed by atoms with E-state index in [9.17, 15) is 9.59 Å². The van der Waals surface area contributed by atoms with Crippen molar-refractivity contribution in [1.82, 2.24) is 0 Å². The van der Waals surface area contributed by atoms with Crippen molar-refractivity contribution < 1.29 is 19.1 Å². The van der Waals surface area contributed by atoms with Crippen molar-refractivity contribution in [3.8, 4) is 0 Å². The fourth-order valence-corrected chi connectivity index (χ4v) is 1.46. The molecule has 0 aliphatic heterocycles. The second-order valence-electron chi connectivity index (χ2n) is 4.10. The number of ether oxygens (including phenoxy) is 2. The van der Waals surface area contributed by atoms with Crippen LogP contribution in [0.1, 0.15) is 59.3 Å². The van der Waals surface area contributed by atoms with Crippen LogP contribution in [0, 0.1) is 0 Å². The van der Waals surface area contributed by atoms with Crippen LogP contribution in [-0.4, -0.2) is 24.6 Å². The average Bonchev–Trinajstić information content (AvgIpc) is 2.27. The minimum atomic E-state index is -0.344. The molecule has 0 aromatic carbocycles. The molecule has 4 nitrogen and oxygen atoms in total. The topological polar surface area (TPSA) is 52.6 Å². The van der Waals surface area contributed by atoms with Gasteiger partial charge in [-0.15, -0.1) is 0 Å². The fraction of sp³-hybridized carbons (Fsp3) is 0.846. The Kier molecular flexibility index (Phi) is 9.49. The number of unbranched alkanes of at least 4 members (excludes halogenated alkanes) is 2. The molecule has 4 heteroatoms. The predicted molar refractivity (Wildman–Crippen MR) is 65.6 cm³/mol. The third-order valence-electron chi connectivity index (χ3n) is 2.39. The average molecular weight is 244 g/mol. The van der Waals surface area contributed by atoms with Gasteiger partial charge in [0.25, 0.3) is 0 Å². The molecule has 0 fully saturated rings. The molecular weight excluding hydrogens is 220 g/mol. The molecule has 0 heterocycles. The zero-order valence-electron chi connectivity index (χ0n) is 11.2. The molecule has 0 saturated heterocycles. The number of rotatable bonds is 9. The molecule has 17 heavy (non-hydrogen) atoms. The maximum absolute atomic E-state index is 11.4. The molecule has 0 saturated carbocycles. The first kappa shape index (κ1) is 15.9. The zero-order valence-corrected chi connectivity index (χ0v) is 11.2. The lowest BCUT2D eigenvalue weighted by Crippen LogP contribution is -2.16. The van der Waals surface area contributed by atoms with E-state index in [0.29, 0.717) is 6.61 Å². The van der Waals surface area contributed by atoms with E-state index in [1.54, 1.807) is 6.92 Å². The Labute approximate surface area is 104 Å². The summed E-state index contributed by atoms with van der Waals surface area (Å²) in [7, 11) is 0. The predicted octanol–water partition coefficient (Wildman–Crippen LogP) is 2.84. The van der Waals surface area contributed by atoms with E-state index in [0.717, 1.165) is 25.7 Å². The minimum absolute atomic E-state index is 0.0590. The molecule has 0 aliphatic carbocycles. The van der Waals surface area contributed by atoms with Crippen molar-refractivity contribution in [2.45, 2.75) is 65.4 Å². The third kappa shape index (κ3) is 9.85. The molecule has 0 aromatic rings. The first-order chi connectivity index (χ1) is 8.10. The molecule has 100 valence electrons. The summed E-state index contributed by atoms with van der Waals surface area (Å²) in [5, 5.41) is 0. The van der Waals surface area contributed by atoms with Gasteiger partial charge in [-0.25, -0.2) is 0 Å². The van der Waals surface area contributed by atoms with Crippen LogP contribution in [0.15, 0.2) is 0 Å². The molecule has 0 N–H and O–H groups in total. The lowest BCUT2D eigenvalue weighted by atomic mass is 10.1. The van der Waals surface area contributed by atoms with Gasteiger partial charge in [0.15, 0.2) is 0 Å². The normalized spacial score (nSPS) is 11.9. The lowest BCUT2D eigenvalue weighted by molar-refractivity contribution is -0.153. The molecule has 0 aliphatic rings. The van der Waals surface area contributed by atoms with Crippen molar-refractivity contribution in [3.05, 3.63) is 0 Å². The second kappa shape index (κ2) is 10.1. The van der Waals surface area contributed by atoms with Crippen LogP contribution in [0.4, 0.5) is 0 Å². The summed E-state index contributed by atoms with van der Waals surface area (Å²) in [4.78, 5) is 22.4. The first-order valence-electron chi connectivity index (χ1n) is 6.45. The van der Waals surface area contributed by atoms with Gasteiger partial charge < -0.3 is 9.47 Å². The Morgan fingerprint density at radius 1 is 1.06 bits per heavy atom. The lowest BCUT2D eigenvalue weighted by Gasteiger charge is -2.12. The Hall–Kier alpha value is -1.06. The van der Waals surface area contributed by atoms with Gasteiger partial charge in [-0.05, 0) is 26.7 Å². The molecular formula is C13H24O4. The van der Waals surface area contributed by atoms with Crippen molar-refractivity contribution in [2.75, 3.05) is 6.61 Å². The van der Waals surface area contributed by atoms with E-state index < -0.39 is 0 Å². The summed E-state index contributed by atoms with van der Waals surface area (Å²) in [6.45, 7) is 6.11. The van der Waals surface area contributed by atoms with Crippen LogP contribution >= 0.6 is 0 Å². The van der Waals surface area contributed by atoms with Gasteiger partial charge >= 0.3 is 11.9 Å². The molecule has 1 unspecified atom stereocenters. The number of carbonyl (C=O) groups excluding carboxylic acids is 2. The van der Waals surface area contributed by atoms with Gasteiger partial charge in [0, 0.05) is 0 Å². The van der Waals surface area contributed by atoms with Gasteiger partial charge in [-0.1, -0.05) is 19.8 Å². The van der Waals surface area contributed by atoms with Crippen LogP contribution in [0.25, 0.3) is 0 Å². The molecule has 0 spiro atoms. The highest BCUT2D eigenvalue weighted by Gasteiger charge is 2.11. The molecule has 0 rings (SSSR count). The highest BCUT2D eigenvalue weighted by atomic mass is 16.5. The van der Waals surface area contributed by atoms with Gasteiger partial charge in [0.05, 0.1) is 25.6 Å². The van der Waals surface area contributed by atoms with E-state index in [4.69, 9.17) is 9.47 Å². The standard InChI is InChI=1S/C13H24O4/c1-4-6-7-8-11(3)17-13(15)10-9-12(14)16-5-2/h11H,4-10H2,1-3H3. The van der Waals surface area contributed by atoms with Crippen molar-refractivity contribution >= 4 is 11.9 Å². The smallest absolute Gasteiger partial charge is 0.306 e. The number of hydrogen-bond donors (Lipinski definition) is 0. The van der Waals surface area contributed by atoms with Gasteiger partial charge in [-0.2, -0.15) is 0 Å². The summed E-state index contributed by atoms with van der Waals surface area (Å²) in [5.41, 5.74) is 0. The second-order valence-corrected chi connectivity index (χ2v) is 4.10. The molecule has 0 bridgehead atoms. The fourth-order valence-electron chi connectivity index (χ4n) is 1.46. The maximum Gasteiger partial charge on any atom is 0.306 e. The maximum atomic E-state index is 11.4. The largest absolute Gasteiger partial charge is 0.466 e. The van der Waals surface area contributed by atoms with E-state index in [-0.39, 0.29) is 30.9 Å². The van der Waals surface area contributed by atoms with Crippen LogP contribution in [0.3, 0.4) is 0 Å². The minimum Gasteiger partial charge on any atom is -0.466 e. The van der Waals surface area contributed by atoms with Crippen molar-refractivity contribution in [2.24, 2.45) is 0 Å². The Morgan fingerprint density at radius 3 is 2.29 bits per heavy atom. The molecule has 0 aromatic heterocycles. The van der Waals surface area contributed by atoms with E-state index >= 15 is 0 Å². The van der Waals surface area contributed by atoms with Crippen LogP contribution < -0.4 is 0 Å². The summed E-state index contributed by atoms with van der Waals surface area (Å²) in [5.74, 6) is -0.662. The summed E-state index contributed by atoms with van der Waals surface area (Å²) in [6, 6.07) is 0. The first-order valence-corrected chi connectivity index (χ1v) is 6.45. The van der Waals surface area contributed by atoms with E-state index in [2.05, 4.69) is 6.92 Å². The Bertz CT molecular complexity index is 225. The highest BCUT2D eigenvalue weighted by Crippen LogP contribution is 2.08.